The molecule has 104 valence electrons. The van der Waals surface area contributed by atoms with Gasteiger partial charge in [0.2, 0.25) is 0 Å². The lowest BCUT2D eigenvalue weighted by Crippen LogP contribution is -2.36. The van der Waals surface area contributed by atoms with Gasteiger partial charge in [-0.1, -0.05) is 13.0 Å². The minimum atomic E-state index is 0.0493. The van der Waals surface area contributed by atoms with Crippen LogP contribution in [0.1, 0.15) is 50.7 Å². The van der Waals surface area contributed by atoms with Gasteiger partial charge in [-0.05, 0) is 74.8 Å². The molecule has 1 saturated carbocycles. The highest BCUT2D eigenvalue weighted by Gasteiger charge is 2.31. The molecule has 0 unspecified atom stereocenters. The van der Waals surface area contributed by atoms with Crippen LogP contribution in [0, 0.1) is 5.92 Å². The van der Waals surface area contributed by atoms with Crippen LogP contribution >= 0.6 is 0 Å². The van der Waals surface area contributed by atoms with Gasteiger partial charge < -0.3 is 10.1 Å². The normalized spacial score (nSPS) is 30.7. The maximum absolute atomic E-state index is 6.34. The van der Waals surface area contributed by atoms with Gasteiger partial charge in [0, 0.05) is 6.54 Å². The largest absolute Gasteiger partial charge is 0.488 e. The summed E-state index contributed by atoms with van der Waals surface area (Å²) in [7, 11) is 0. The fourth-order valence-corrected chi connectivity index (χ4v) is 3.28. The predicted molar refractivity (Wildman–Crippen MR) is 78.5 cm³/mol. The highest BCUT2D eigenvalue weighted by Crippen LogP contribution is 2.35. The molecule has 3 rings (SSSR count). The van der Waals surface area contributed by atoms with Crippen molar-refractivity contribution in [3.05, 3.63) is 29.3 Å². The molecule has 0 aromatic heterocycles. The molecule has 2 aliphatic rings. The first-order valence-corrected chi connectivity index (χ1v) is 7.66. The molecular weight excluding hydrogens is 234 g/mol. The van der Waals surface area contributed by atoms with Gasteiger partial charge in [0.1, 0.15) is 11.4 Å². The Kier molecular flexibility index (Phi) is 3.53. The molecule has 0 bridgehead atoms. The number of benzene rings is 1. The average Bonchev–Trinajstić information content (AvgIpc) is 2.42. The van der Waals surface area contributed by atoms with Crippen LogP contribution in [0.4, 0.5) is 0 Å². The number of hydrogen-bond donors (Lipinski definition) is 1. The molecule has 0 amide bonds. The summed E-state index contributed by atoms with van der Waals surface area (Å²) in [5.41, 5.74) is 2.94. The molecule has 1 heterocycles. The van der Waals surface area contributed by atoms with Crippen molar-refractivity contribution in [1.82, 2.24) is 5.32 Å². The van der Waals surface area contributed by atoms with Gasteiger partial charge >= 0.3 is 0 Å². The fraction of sp³-hybridized carbons (Fsp3) is 0.647. The molecule has 0 saturated heterocycles. The first-order chi connectivity index (χ1) is 9.15. The second kappa shape index (κ2) is 5.16. The molecule has 1 aliphatic carbocycles. The van der Waals surface area contributed by atoms with Crippen LogP contribution < -0.4 is 10.1 Å². The summed E-state index contributed by atoms with van der Waals surface area (Å²) in [6.07, 6.45) is 6.09. The summed E-state index contributed by atoms with van der Waals surface area (Å²) in [5.74, 6) is 1.93. The van der Waals surface area contributed by atoms with E-state index in [1.165, 1.54) is 36.8 Å². The van der Waals surface area contributed by atoms with Crippen LogP contribution in [0.15, 0.2) is 18.2 Å². The first-order valence-electron chi connectivity index (χ1n) is 7.66. The van der Waals surface area contributed by atoms with Gasteiger partial charge in [0.25, 0.3) is 0 Å². The van der Waals surface area contributed by atoms with E-state index in [1.54, 1.807) is 0 Å². The third-order valence-electron chi connectivity index (χ3n) is 4.76. The maximum atomic E-state index is 6.34. The second-order valence-electron chi connectivity index (χ2n) is 6.59. The predicted octanol–water partition coefficient (Wildman–Crippen LogP) is 3.68. The van der Waals surface area contributed by atoms with Gasteiger partial charge in [-0.25, -0.2) is 0 Å². The van der Waals surface area contributed by atoms with Crippen LogP contribution in [0.2, 0.25) is 0 Å². The van der Waals surface area contributed by atoms with Gasteiger partial charge in [-0.3, -0.25) is 0 Å². The van der Waals surface area contributed by atoms with Gasteiger partial charge in [0.15, 0.2) is 0 Å². The molecule has 2 heteroatoms. The standard InChI is InChI=1S/C17H25NO/c1-13-5-8-17(2,9-6-13)19-16-4-3-15-12-18-10-7-14(15)11-16/h3-4,11,13,18H,5-10,12H2,1-2H3. The van der Waals surface area contributed by atoms with E-state index in [2.05, 4.69) is 37.4 Å². The molecule has 0 spiro atoms. The summed E-state index contributed by atoms with van der Waals surface area (Å²) >= 11 is 0. The Bertz CT molecular complexity index is 447. The lowest BCUT2D eigenvalue weighted by atomic mass is 9.80. The van der Waals surface area contributed by atoms with E-state index < -0.39 is 0 Å². The lowest BCUT2D eigenvalue weighted by molar-refractivity contribution is 0.0353. The third kappa shape index (κ3) is 2.94. The van der Waals surface area contributed by atoms with Crippen molar-refractivity contribution in [2.24, 2.45) is 5.92 Å². The van der Waals surface area contributed by atoms with Crippen molar-refractivity contribution in [2.45, 2.75) is 58.1 Å². The highest BCUT2D eigenvalue weighted by atomic mass is 16.5. The van der Waals surface area contributed by atoms with Crippen molar-refractivity contribution < 1.29 is 4.74 Å². The Labute approximate surface area is 116 Å². The topological polar surface area (TPSA) is 21.3 Å². The van der Waals surface area contributed by atoms with E-state index in [0.717, 1.165) is 31.2 Å². The molecule has 0 radical (unpaired) electrons. The Morgan fingerprint density at radius 3 is 2.79 bits per heavy atom. The van der Waals surface area contributed by atoms with Gasteiger partial charge in [-0.2, -0.15) is 0 Å². The molecule has 1 N–H and O–H groups in total. The number of nitrogens with one attached hydrogen (secondary N) is 1. The zero-order valence-corrected chi connectivity index (χ0v) is 12.2. The monoisotopic (exact) mass is 259 g/mol. The van der Waals surface area contributed by atoms with Crippen molar-refractivity contribution in [3.63, 3.8) is 0 Å². The van der Waals surface area contributed by atoms with Crippen LogP contribution in [0.3, 0.4) is 0 Å². The Balaban J connectivity index is 1.72. The van der Waals surface area contributed by atoms with Gasteiger partial charge in [0.05, 0.1) is 0 Å². The average molecular weight is 259 g/mol. The van der Waals surface area contributed by atoms with E-state index in [9.17, 15) is 0 Å². The second-order valence-corrected chi connectivity index (χ2v) is 6.59. The highest BCUT2D eigenvalue weighted by molar-refractivity contribution is 5.37. The van der Waals surface area contributed by atoms with E-state index >= 15 is 0 Å². The Morgan fingerprint density at radius 1 is 1.21 bits per heavy atom. The quantitative estimate of drug-likeness (QED) is 0.875. The molecule has 1 aliphatic heterocycles. The maximum Gasteiger partial charge on any atom is 0.120 e. The Morgan fingerprint density at radius 2 is 2.00 bits per heavy atom. The minimum absolute atomic E-state index is 0.0493. The molecular formula is C17H25NO. The molecule has 1 fully saturated rings. The summed E-state index contributed by atoms with van der Waals surface area (Å²) in [6, 6.07) is 6.64. The van der Waals surface area contributed by atoms with Crippen LogP contribution in [-0.2, 0) is 13.0 Å². The molecule has 1 aromatic carbocycles. The van der Waals surface area contributed by atoms with Crippen molar-refractivity contribution in [2.75, 3.05) is 6.54 Å². The molecule has 1 aromatic rings. The first kappa shape index (κ1) is 13.0. The van der Waals surface area contributed by atoms with Crippen LogP contribution in [0.25, 0.3) is 0 Å². The van der Waals surface area contributed by atoms with Crippen molar-refractivity contribution in [1.29, 1.82) is 0 Å². The molecule has 2 nitrogen and oxygen atoms in total. The van der Waals surface area contributed by atoms with Gasteiger partial charge in [-0.15, -0.1) is 0 Å². The molecule has 19 heavy (non-hydrogen) atoms. The summed E-state index contributed by atoms with van der Waals surface area (Å²) in [4.78, 5) is 0. The smallest absolute Gasteiger partial charge is 0.120 e. The van der Waals surface area contributed by atoms with E-state index in [-0.39, 0.29) is 5.60 Å². The van der Waals surface area contributed by atoms with Crippen LogP contribution in [-0.4, -0.2) is 12.1 Å². The Hall–Kier alpha value is -1.02. The van der Waals surface area contributed by atoms with E-state index in [0.29, 0.717) is 0 Å². The third-order valence-corrected chi connectivity index (χ3v) is 4.76. The summed E-state index contributed by atoms with van der Waals surface area (Å²) in [5, 5.41) is 3.41. The number of fused-ring (bicyclic) bond motifs is 1. The fourth-order valence-electron chi connectivity index (χ4n) is 3.28. The SMILES string of the molecule is CC1CCC(C)(Oc2ccc3c(c2)CCNC3)CC1. The molecule has 0 atom stereocenters. The zero-order valence-electron chi connectivity index (χ0n) is 12.2. The van der Waals surface area contributed by atoms with E-state index in [4.69, 9.17) is 4.74 Å². The lowest BCUT2D eigenvalue weighted by Gasteiger charge is -2.37. The summed E-state index contributed by atoms with van der Waals surface area (Å²) in [6.45, 7) is 6.72. The van der Waals surface area contributed by atoms with Crippen LogP contribution in [0.5, 0.6) is 5.75 Å². The van der Waals surface area contributed by atoms with E-state index in [1.807, 2.05) is 0 Å². The number of hydrogen-bond acceptors (Lipinski definition) is 2. The number of ether oxygens (including phenoxy) is 1. The summed E-state index contributed by atoms with van der Waals surface area (Å²) < 4.78 is 6.34. The zero-order chi connectivity index (χ0) is 13.3. The minimum Gasteiger partial charge on any atom is -0.488 e. The number of rotatable bonds is 2. The van der Waals surface area contributed by atoms with Crippen molar-refractivity contribution >= 4 is 0 Å². The van der Waals surface area contributed by atoms with Crippen molar-refractivity contribution in [3.8, 4) is 5.75 Å².